The van der Waals surface area contributed by atoms with Crippen LogP contribution in [0.3, 0.4) is 0 Å². The van der Waals surface area contributed by atoms with Gasteiger partial charge in [-0.3, -0.25) is 9.59 Å². The van der Waals surface area contributed by atoms with Crippen molar-refractivity contribution in [3.8, 4) is 0 Å². The predicted octanol–water partition coefficient (Wildman–Crippen LogP) is 1.23. The second-order valence-electron chi connectivity index (χ2n) is 3.19. The zero-order valence-corrected chi connectivity index (χ0v) is 9.24. The molecule has 0 saturated heterocycles. The molecule has 0 spiro atoms. The third-order valence-corrected chi connectivity index (χ3v) is 1.87. The van der Waals surface area contributed by atoms with Gasteiger partial charge in [0.05, 0.1) is 7.11 Å². The molecule has 0 aliphatic carbocycles. The Morgan fingerprint density at radius 2 is 1.75 bits per heavy atom. The first-order chi connectivity index (χ1) is 7.61. The Balaban J connectivity index is 2.51. The standard InChI is InChI=1S/C11H14N2O3/c1-8(14)13-10-5-3-9(4-6-10)12-7-11(15)16-2/h3-6,12H,7H2,1-2H3,(H,13,14). The molecule has 0 aliphatic rings. The van der Waals surface area contributed by atoms with Crippen LogP contribution in [0.15, 0.2) is 24.3 Å². The lowest BCUT2D eigenvalue weighted by Crippen LogP contribution is -2.14. The van der Waals surface area contributed by atoms with Crippen molar-refractivity contribution in [2.24, 2.45) is 0 Å². The van der Waals surface area contributed by atoms with E-state index in [-0.39, 0.29) is 18.4 Å². The van der Waals surface area contributed by atoms with Crippen molar-refractivity contribution in [1.29, 1.82) is 0 Å². The lowest BCUT2D eigenvalue weighted by atomic mass is 10.3. The van der Waals surface area contributed by atoms with Gasteiger partial charge in [-0.2, -0.15) is 0 Å². The van der Waals surface area contributed by atoms with E-state index in [0.717, 1.165) is 11.4 Å². The molecule has 5 nitrogen and oxygen atoms in total. The molecule has 0 aromatic heterocycles. The molecule has 0 fully saturated rings. The maximum atomic E-state index is 10.9. The molecule has 86 valence electrons. The molecule has 2 N–H and O–H groups in total. The van der Waals surface area contributed by atoms with Crippen molar-refractivity contribution in [2.75, 3.05) is 24.3 Å². The molecular formula is C11H14N2O3. The maximum absolute atomic E-state index is 10.9. The SMILES string of the molecule is COC(=O)CNc1ccc(NC(C)=O)cc1. The van der Waals surface area contributed by atoms with Crippen LogP contribution in [0.4, 0.5) is 11.4 Å². The van der Waals surface area contributed by atoms with Crippen LogP contribution in [-0.2, 0) is 14.3 Å². The number of rotatable bonds is 4. The summed E-state index contributed by atoms with van der Waals surface area (Å²) in [6.45, 7) is 1.57. The van der Waals surface area contributed by atoms with E-state index in [0.29, 0.717) is 0 Å². The van der Waals surface area contributed by atoms with E-state index in [1.165, 1.54) is 14.0 Å². The van der Waals surface area contributed by atoms with Crippen molar-refractivity contribution in [1.82, 2.24) is 0 Å². The summed E-state index contributed by atoms with van der Waals surface area (Å²) in [5.74, 6) is -0.443. The summed E-state index contributed by atoms with van der Waals surface area (Å²) in [4.78, 5) is 21.6. The van der Waals surface area contributed by atoms with Gasteiger partial charge in [-0.15, -0.1) is 0 Å². The molecule has 0 saturated carbocycles. The van der Waals surface area contributed by atoms with Gasteiger partial charge >= 0.3 is 5.97 Å². The number of esters is 1. The van der Waals surface area contributed by atoms with E-state index >= 15 is 0 Å². The lowest BCUT2D eigenvalue weighted by molar-refractivity contribution is -0.138. The summed E-state index contributed by atoms with van der Waals surface area (Å²) in [5, 5.41) is 5.54. The van der Waals surface area contributed by atoms with Gasteiger partial charge < -0.3 is 15.4 Å². The fraction of sp³-hybridized carbons (Fsp3) is 0.273. The van der Waals surface area contributed by atoms with Gasteiger partial charge in [0.25, 0.3) is 0 Å². The minimum atomic E-state index is -0.328. The summed E-state index contributed by atoms with van der Waals surface area (Å²) >= 11 is 0. The van der Waals surface area contributed by atoms with Crippen LogP contribution < -0.4 is 10.6 Å². The first-order valence-corrected chi connectivity index (χ1v) is 4.80. The van der Waals surface area contributed by atoms with Crippen LogP contribution in [0, 0.1) is 0 Å². The number of anilines is 2. The summed E-state index contributed by atoms with van der Waals surface area (Å²) in [6, 6.07) is 7.05. The molecule has 1 aromatic carbocycles. The Morgan fingerprint density at radius 3 is 2.25 bits per heavy atom. The van der Waals surface area contributed by atoms with Crippen molar-refractivity contribution < 1.29 is 14.3 Å². The van der Waals surface area contributed by atoms with Gasteiger partial charge in [-0.05, 0) is 24.3 Å². The molecule has 1 amide bonds. The fourth-order valence-corrected chi connectivity index (χ4v) is 1.12. The van der Waals surface area contributed by atoms with Crippen LogP contribution in [0.2, 0.25) is 0 Å². The lowest BCUT2D eigenvalue weighted by Gasteiger charge is -2.06. The molecule has 1 rings (SSSR count). The van der Waals surface area contributed by atoms with E-state index in [1.54, 1.807) is 24.3 Å². The van der Waals surface area contributed by atoms with E-state index in [9.17, 15) is 9.59 Å². The van der Waals surface area contributed by atoms with Crippen LogP contribution in [0.25, 0.3) is 0 Å². The first-order valence-electron chi connectivity index (χ1n) is 4.80. The van der Waals surface area contributed by atoms with Crippen molar-refractivity contribution in [3.63, 3.8) is 0 Å². The average Bonchev–Trinajstić information content (AvgIpc) is 2.27. The van der Waals surface area contributed by atoms with Crippen molar-refractivity contribution >= 4 is 23.3 Å². The molecule has 16 heavy (non-hydrogen) atoms. The highest BCUT2D eigenvalue weighted by molar-refractivity contribution is 5.88. The van der Waals surface area contributed by atoms with Crippen LogP contribution in [0.1, 0.15) is 6.92 Å². The number of carbonyl (C=O) groups is 2. The summed E-state index contributed by atoms with van der Waals surface area (Å²) in [7, 11) is 1.34. The highest BCUT2D eigenvalue weighted by Crippen LogP contribution is 2.13. The number of ether oxygens (including phenoxy) is 1. The Kier molecular flexibility index (Phi) is 4.32. The Hall–Kier alpha value is -2.04. The van der Waals surface area contributed by atoms with Crippen LogP contribution >= 0.6 is 0 Å². The predicted molar refractivity (Wildman–Crippen MR) is 61.3 cm³/mol. The molecule has 1 aromatic rings. The van der Waals surface area contributed by atoms with Crippen molar-refractivity contribution in [2.45, 2.75) is 6.92 Å². The second kappa shape index (κ2) is 5.75. The van der Waals surface area contributed by atoms with Gasteiger partial charge in [0.15, 0.2) is 0 Å². The summed E-state index contributed by atoms with van der Waals surface area (Å²) in [5.41, 5.74) is 1.51. The minimum Gasteiger partial charge on any atom is -0.468 e. The zero-order chi connectivity index (χ0) is 12.0. The number of carbonyl (C=O) groups excluding carboxylic acids is 2. The van der Waals surface area contributed by atoms with Crippen molar-refractivity contribution in [3.05, 3.63) is 24.3 Å². The highest BCUT2D eigenvalue weighted by atomic mass is 16.5. The van der Waals surface area contributed by atoms with Crippen LogP contribution in [0.5, 0.6) is 0 Å². The normalized spacial score (nSPS) is 9.38. The molecule has 0 radical (unpaired) electrons. The van der Waals surface area contributed by atoms with Gasteiger partial charge in [0, 0.05) is 18.3 Å². The number of hydrogen-bond donors (Lipinski definition) is 2. The Bertz CT molecular complexity index is 373. The Morgan fingerprint density at radius 1 is 1.19 bits per heavy atom. The quantitative estimate of drug-likeness (QED) is 0.752. The largest absolute Gasteiger partial charge is 0.468 e. The number of amides is 1. The minimum absolute atomic E-state index is 0.115. The van der Waals surface area contributed by atoms with Gasteiger partial charge in [-0.25, -0.2) is 0 Å². The average molecular weight is 222 g/mol. The summed E-state index contributed by atoms with van der Waals surface area (Å²) < 4.78 is 4.49. The fourth-order valence-electron chi connectivity index (χ4n) is 1.12. The number of hydrogen-bond acceptors (Lipinski definition) is 4. The molecule has 0 heterocycles. The first kappa shape index (κ1) is 12.0. The zero-order valence-electron chi connectivity index (χ0n) is 9.24. The molecule has 0 atom stereocenters. The molecule has 0 aliphatic heterocycles. The second-order valence-corrected chi connectivity index (χ2v) is 3.19. The third kappa shape index (κ3) is 4.00. The smallest absolute Gasteiger partial charge is 0.325 e. The number of nitrogens with one attached hydrogen (secondary N) is 2. The van der Waals surface area contributed by atoms with Gasteiger partial charge in [0.2, 0.25) is 5.91 Å². The van der Waals surface area contributed by atoms with E-state index < -0.39 is 0 Å². The van der Waals surface area contributed by atoms with E-state index in [2.05, 4.69) is 15.4 Å². The summed E-state index contributed by atoms with van der Waals surface area (Å²) in [6.07, 6.45) is 0. The van der Waals surface area contributed by atoms with E-state index in [4.69, 9.17) is 0 Å². The molecular weight excluding hydrogens is 208 g/mol. The van der Waals surface area contributed by atoms with E-state index in [1.807, 2.05) is 0 Å². The maximum Gasteiger partial charge on any atom is 0.325 e. The Labute approximate surface area is 93.8 Å². The molecule has 0 bridgehead atoms. The molecule has 0 unspecified atom stereocenters. The number of methoxy groups -OCH3 is 1. The van der Waals surface area contributed by atoms with Crippen LogP contribution in [-0.4, -0.2) is 25.5 Å². The monoisotopic (exact) mass is 222 g/mol. The van der Waals surface area contributed by atoms with Gasteiger partial charge in [0.1, 0.15) is 6.54 Å². The third-order valence-electron chi connectivity index (χ3n) is 1.87. The van der Waals surface area contributed by atoms with Gasteiger partial charge in [-0.1, -0.05) is 0 Å². The molecule has 5 heteroatoms. The highest BCUT2D eigenvalue weighted by Gasteiger charge is 2.00. The topological polar surface area (TPSA) is 67.4 Å². The number of benzene rings is 1.